The van der Waals surface area contributed by atoms with Crippen LogP contribution in [0.15, 0.2) is 52.5 Å². The number of benzene rings is 1. The van der Waals surface area contributed by atoms with Gasteiger partial charge in [-0.25, -0.2) is 9.37 Å². The SMILES string of the molecule is CC(C)N(CC(=O)Nc1nc(CC(=O)Nc2ccc(F)cc2)cs1)C(=O)c1ccco1. The predicted octanol–water partition coefficient (Wildman–Crippen LogP) is 3.55. The smallest absolute Gasteiger partial charge is 0.290 e. The number of nitrogens with one attached hydrogen (secondary N) is 2. The Labute approximate surface area is 182 Å². The summed E-state index contributed by atoms with van der Waals surface area (Å²) in [5, 5.41) is 7.28. The van der Waals surface area contributed by atoms with Crippen molar-refractivity contribution in [1.29, 1.82) is 0 Å². The van der Waals surface area contributed by atoms with E-state index in [4.69, 9.17) is 4.42 Å². The molecule has 0 saturated heterocycles. The van der Waals surface area contributed by atoms with Gasteiger partial charge in [0.2, 0.25) is 11.8 Å². The molecule has 0 radical (unpaired) electrons. The van der Waals surface area contributed by atoms with E-state index >= 15 is 0 Å². The Balaban J connectivity index is 1.54. The Morgan fingerprint density at radius 2 is 1.87 bits per heavy atom. The Morgan fingerprint density at radius 1 is 1.13 bits per heavy atom. The molecule has 2 aromatic heterocycles. The molecule has 3 amide bonds. The van der Waals surface area contributed by atoms with E-state index in [0.717, 1.165) is 0 Å². The van der Waals surface area contributed by atoms with Gasteiger partial charge >= 0.3 is 0 Å². The van der Waals surface area contributed by atoms with Crippen LogP contribution in [-0.2, 0) is 16.0 Å². The molecule has 0 bridgehead atoms. The second-order valence-corrected chi connectivity index (χ2v) is 7.79. The average Bonchev–Trinajstić information content (AvgIpc) is 3.39. The first-order valence-corrected chi connectivity index (χ1v) is 10.3. The van der Waals surface area contributed by atoms with Crippen LogP contribution in [0.4, 0.5) is 15.2 Å². The van der Waals surface area contributed by atoms with E-state index in [1.54, 1.807) is 31.4 Å². The third kappa shape index (κ3) is 6.22. The molecule has 0 aliphatic rings. The quantitative estimate of drug-likeness (QED) is 0.553. The van der Waals surface area contributed by atoms with Crippen molar-refractivity contribution in [1.82, 2.24) is 9.88 Å². The number of halogens is 1. The van der Waals surface area contributed by atoms with Gasteiger partial charge in [-0.2, -0.15) is 0 Å². The van der Waals surface area contributed by atoms with Crippen LogP contribution in [0.5, 0.6) is 0 Å². The van der Waals surface area contributed by atoms with Gasteiger partial charge in [0.25, 0.3) is 5.91 Å². The van der Waals surface area contributed by atoms with Gasteiger partial charge < -0.3 is 20.0 Å². The summed E-state index contributed by atoms with van der Waals surface area (Å²) >= 11 is 1.18. The summed E-state index contributed by atoms with van der Waals surface area (Å²) in [6.07, 6.45) is 1.40. The van der Waals surface area contributed by atoms with Gasteiger partial charge in [0.1, 0.15) is 12.4 Å². The molecule has 2 heterocycles. The molecule has 0 atom stereocenters. The van der Waals surface area contributed by atoms with Crippen molar-refractivity contribution in [2.24, 2.45) is 0 Å². The predicted molar refractivity (Wildman–Crippen MR) is 114 cm³/mol. The standard InChI is InChI=1S/C21H21FN4O4S/c1-13(2)26(20(29)17-4-3-9-30-17)11-19(28)25-21-24-16(12-31-21)10-18(27)23-15-7-5-14(22)6-8-15/h3-9,12-13H,10-11H2,1-2H3,(H,23,27)(H,24,25,28). The maximum absolute atomic E-state index is 12.9. The zero-order chi connectivity index (χ0) is 22.4. The molecule has 3 rings (SSSR count). The molecule has 0 aliphatic carbocycles. The van der Waals surface area contributed by atoms with Crippen LogP contribution in [0.2, 0.25) is 0 Å². The third-order valence-electron chi connectivity index (χ3n) is 4.20. The number of carbonyl (C=O) groups is 3. The maximum Gasteiger partial charge on any atom is 0.290 e. The van der Waals surface area contributed by atoms with Crippen LogP contribution < -0.4 is 10.6 Å². The fourth-order valence-corrected chi connectivity index (χ4v) is 3.42. The van der Waals surface area contributed by atoms with Gasteiger partial charge in [-0.1, -0.05) is 0 Å². The Hall–Kier alpha value is -3.53. The maximum atomic E-state index is 12.9. The number of hydrogen-bond donors (Lipinski definition) is 2. The van der Waals surface area contributed by atoms with E-state index in [-0.39, 0.29) is 42.4 Å². The van der Waals surface area contributed by atoms with Gasteiger partial charge in [-0.3, -0.25) is 14.4 Å². The summed E-state index contributed by atoms with van der Waals surface area (Å²) in [7, 11) is 0. The number of nitrogens with zero attached hydrogens (tertiary/aromatic N) is 2. The summed E-state index contributed by atoms with van der Waals surface area (Å²) in [6.45, 7) is 3.43. The molecule has 162 valence electrons. The van der Waals surface area contributed by atoms with Crippen molar-refractivity contribution in [3.05, 3.63) is 65.3 Å². The molecule has 31 heavy (non-hydrogen) atoms. The van der Waals surface area contributed by atoms with E-state index in [1.807, 2.05) is 0 Å². The second kappa shape index (κ2) is 9.98. The summed E-state index contributed by atoms with van der Waals surface area (Å²) in [5.41, 5.74) is 0.956. The lowest BCUT2D eigenvalue weighted by atomic mass is 10.2. The fourth-order valence-electron chi connectivity index (χ4n) is 2.69. The van der Waals surface area contributed by atoms with Gasteiger partial charge in [-0.05, 0) is 50.2 Å². The molecule has 0 fully saturated rings. The third-order valence-corrected chi connectivity index (χ3v) is 5.00. The lowest BCUT2D eigenvalue weighted by Crippen LogP contribution is -2.42. The number of amides is 3. The van der Waals surface area contributed by atoms with Crippen LogP contribution in [-0.4, -0.2) is 40.2 Å². The van der Waals surface area contributed by atoms with E-state index in [1.165, 1.54) is 46.8 Å². The average molecular weight is 444 g/mol. The minimum atomic E-state index is -0.412. The normalized spacial score (nSPS) is 10.7. The first kappa shape index (κ1) is 22.2. The molecule has 0 spiro atoms. The molecule has 0 aliphatic heterocycles. The lowest BCUT2D eigenvalue weighted by Gasteiger charge is -2.24. The topological polar surface area (TPSA) is 105 Å². The van der Waals surface area contributed by atoms with Crippen molar-refractivity contribution < 1.29 is 23.2 Å². The Morgan fingerprint density at radius 3 is 2.52 bits per heavy atom. The highest BCUT2D eigenvalue weighted by molar-refractivity contribution is 7.13. The molecule has 2 N–H and O–H groups in total. The van der Waals surface area contributed by atoms with E-state index in [9.17, 15) is 18.8 Å². The number of anilines is 2. The van der Waals surface area contributed by atoms with Crippen LogP contribution in [0.25, 0.3) is 0 Å². The van der Waals surface area contributed by atoms with Crippen molar-refractivity contribution >= 4 is 39.9 Å². The van der Waals surface area contributed by atoms with Crippen LogP contribution in [0.3, 0.4) is 0 Å². The number of hydrogen-bond acceptors (Lipinski definition) is 6. The zero-order valence-corrected chi connectivity index (χ0v) is 17.7. The van der Waals surface area contributed by atoms with Crippen molar-refractivity contribution in [2.75, 3.05) is 17.2 Å². The lowest BCUT2D eigenvalue weighted by molar-refractivity contribution is -0.117. The van der Waals surface area contributed by atoms with Crippen molar-refractivity contribution in [2.45, 2.75) is 26.3 Å². The van der Waals surface area contributed by atoms with E-state index in [2.05, 4.69) is 15.6 Å². The van der Waals surface area contributed by atoms with E-state index in [0.29, 0.717) is 16.5 Å². The number of rotatable bonds is 8. The minimum absolute atomic E-state index is 0.00115. The summed E-state index contributed by atoms with van der Waals surface area (Å²) in [5.74, 6) is -1.34. The fraction of sp³-hybridized carbons (Fsp3) is 0.238. The highest BCUT2D eigenvalue weighted by Gasteiger charge is 2.24. The molecule has 1 aromatic carbocycles. The number of thiazole rings is 1. The number of furan rings is 1. The first-order chi connectivity index (χ1) is 14.8. The summed E-state index contributed by atoms with van der Waals surface area (Å²) < 4.78 is 18.1. The summed E-state index contributed by atoms with van der Waals surface area (Å²) in [4.78, 5) is 42.7. The van der Waals surface area contributed by atoms with Crippen LogP contribution in [0.1, 0.15) is 30.1 Å². The van der Waals surface area contributed by atoms with Crippen molar-refractivity contribution in [3.8, 4) is 0 Å². The van der Waals surface area contributed by atoms with Crippen LogP contribution in [0, 0.1) is 5.82 Å². The molecular weight excluding hydrogens is 423 g/mol. The minimum Gasteiger partial charge on any atom is -0.459 e. The van der Waals surface area contributed by atoms with Gasteiger partial charge in [-0.15, -0.1) is 11.3 Å². The van der Waals surface area contributed by atoms with Gasteiger partial charge in [0.15, 0.2) is 10.9 Å². The summed E-state index contributed by atoms with van der Waals surface area (Å²) in [6, 6.07) is 8.36. The highest BCUT2D eigenvalue weighted by atomic mass is 32.1. The Kier molecular flexibility index (Phi) is 7.14. The second-order valence-electron chi connectivity index (χ2n) is 6.93. The van der Waals surface area contributed by atoms with Gasteiger partial charge in [0, 0.05) is 17.1 Å². The molecule has 10 heteroatoms. The van der Waals surface area contributed by atoms with Gasteiger partial charge in [0.05, 0.1) is 18.4 Å². The molecule has 0 saturated carbocycles. The van der Waals surface area contributed by atoms with Crippen LogP contribution >= 0.6 is 11.3 Å². The largest absolute Gasteiger partial charge is 0.459 e. The number of carbonyl (C=O) groups excluding carboxylic acids is 3. The van der Waals surface area contributed by atoms with Crippen molar-refractivity contribution in [3.63, 3.8) is 0 Å². The molecule has 8 nitrogen and oxygen atoms in total. The monoisotopic (exact) mass is 444 g/mol. The molecule has 3 aromatic rings. The Bertz CT molecular complexity index is 1050. The van der Waals surface area contributed by atoms with E-state index < -0.39 is 5.91 Å². The zero-order valence-electron chi connectivity index (χ0n) is 16.9. The highest BCUT2D eigenvalue weighted by Crippen LogP contribution is 2.17. The molecular formula is C21H21FN4O4S. The first-order valence-electron chi connectivity index (χ1n) is 9.46. The number of aromatic nitrogens is 1. The molecule has 0 unspecified atom stereocenters.